The number of aliphatic hydroxyl groups excluding tert-OH is 8. The normalized spacial score (nSPS) is 41.2. The molecule has 0 bridgehead atoms. The van der Waals surface area contributed by atoms with E-state index in [0.29, 0.717) is 44.5 Å². The minimum Gasteiger partial charge on any atom is -0.394 e. The fourth-order valence-electron chi connectivity index (χ4n) is 4.66. The minimum absolute atomic E-state index is 0. The first-order chi connectivity index (χ1) is 19.1. The van der Waals surface area contributed by atoms with Gasteiger partial charge in [-0.25, -0.2) is 0 Å². The monoisotopic (exact) mass is 690 g/mol. The number of rotatable bonds is 12. The number of hydrogen-bond acceptors (Lipinski definition) is 14. The van der Waals surface area contributed by atoms with Crippen molar-refractivity contribution in [3.63, 3.8) is 0 Å². The van der Waals surface area contributed by atoms with Gasteiger partial charge in [0, 0.05) is 58.8 Å². The van der Waals surface area contributed by atoms with Crippen LogP contribution in [0.25, 0.3) is 0 Å². The summed E-state index contributed by atoms with van der Waals surface area (Å²) < 4.78 is 26.8. The van der Waals surface area contributed by atoms with Crippen LogP contribution in [0, 0.1) is 6.92 Å². The first kappa shape index (κ1) is 40.0. The Morgan fingerprint density at radius 3 is 1.71 bits per heavy atom. The number of aliphatic hydroxyl groups is 8. The summed E-state index contributed by atoms with van der Waals surface area (Å²) in [5.41, 5.74) is -0.773. The predicted molar refractivity (Wildman–Crippen MR) is 144 cm³/mol. The van der Waals surface area contributed by atoms with Crippen molar-refractivity contribution in [1.82, 2.24) is 0 Å². The van der Waals surface area contributed by atoms with Gasteiger partial charge in [0.05, 0.1) is 31.0 Å². The van der Waals surface area contributed by atoms with Crippen LogP contribution in [0.1, 0.15) is 52.4 Å². The Labute approximate surface area is 271 Å². The molecule has 15 heteroatoms. The Kier molecular flexibility index (Phi) is 20.3. The molecule has 13 atom stereocenters. The summed E-state index contributed by atoms with van der Waals surface area (Å²) in [5.74, 6) is 0.514. The van der Waals surface area contributed by atoms with Gasteiger partial charge in [0.25, 0.3) is 0 Å². The third-order valence-electron chi connectivity index (χ3n) is 7.09. The molecule has 3 aliphatic rings. The molecular formula is C26H49O13SY-. The van der Waals surface area contributed by atoms with E-state index in [0.717, 1.165) is 6.42 Å². The SMILES string of the molecule is CCC1C[C@H](O)C(OCCCS[C@@H]2OC(CO)[C@H](O)[C@H](O)C2O)[C@@H](O)O1.[CH2-]CCOC1[C@@H](O)CC(CC)O[C@@H]1O.[Y]. The maximum Gasteiger partial charge on any atom is 0.183 e. The number of hydrogen-bond donors (Lipinski definition) is 8. The van der Waals surface area contributed by atoms with Crippen LogP contribution in [0.5, 0.6) is 0 Å². The molecule has 3 saturated heterocycles. The van der Waals surface area contributed by atoms with E-state index < -0.39 is 73.5 Å². The number of thioether (sulfide) groups is 1. The summed E-state index contributed by atoms with van der Waals surface area (Å²) in [6, 6.07) is 0. The van der Waals surface area contributed by atoms with Gasteiger partial charge < -0.3 is 71.5 Å². The van der Waals surface area contributed by atoms with Crippen molar-refractivity contribution in [1.29, 1.82) is 0 Å². The van der Waals surface area contributed by atoms with Crippen molar-refractivity contribution in [2.45, 2.75) is 131 Å². The molecule has 0 aliphatic carbocycles. The summed E-state index contributed by atoms with van der Waals surface area (Å²) >= 11 is 1.23. The van der Waals surface area contributed by atoms with Gasteiger partial charge >= 0.3 is 0 Å². The molecule has 0 aromatic heterocycles. The van der Waals surface area contributed by atoms with E-state index in [4.69, 9.17) is 28.8 Å². The maximum atomic E-state index is 10.0. The second kappa shape index (κ2) is 20.9. The van der Waals surface area contributed by atoms with Gasteiger partial charge in [-0.2, -0.15) is 6.42 Å². The molecule has 3 rings (SSSR count). The molecule has 3 aliphatic heterocycles. The molecule has 3 fully saturated rings. The van der Waals surface area contributed by atoms with E-state index in [1.165, 1.54) is 11.8 Å². The van der Waals surface area contributed by atoms with Crippen LogP contribution in [0.4, 0.5) is 0 Å². The maximum absolute atomic E-state index is 10.0. The Hall–Kier alpha value is 0.934. The first-order valence-corrected chi connectivity index (χ1v) is 15.1. The van der Waals surface area contributed by atoms with Crippen molar-refractivity contribution in [3.8, 4) is 0 Å². The Morgan fingerprint density at radius 2 is 1.27 bits per heavy atom. The van der Waals surface area contributed by atoms with E-state index >= 15 is 0 Å². The van der Waals surface area contributed by atoms with Crippen molar-refractivity contribution in [2.75, 3.05) is 25.6 Å². The average molecular weight is 691 g/mol. The molecule has 3 heterocycles. The van der Waals surface area contributed by atoms with Gasteiger partial charge in [-0.15, -0.1) is 11.8 Å². The third-order valence-corrected chi connectivity index (χ3v) is 8.33. The van der Waals surface area contributed by atoms with Gasteiger partial charge in [0.1, 0.15) is 42.1 Å². The summed E-state index contributed by atoms with van der Waals surface area (Å²) in [5, 5.41) is 77.8. The van der Waals surface area contributed by atoms with Gasteiger partial charge in [0.2, 0.25) is 0 Å². The van der Waals surface area contributed by atoms with E-state index in [-0.39, 0.29) is 51.5 Å². The Balaban J connectivity index is 0.000000475. The molecule has 0 aromatic rings. The summed E-state index contributed by atoms with van der Waals surface area (Å²) in [6.45, 7) is 7.74. The molecule has 0 saturated carbocycles. The zero-order valence-electron chi connectivity index (χ0n) is 23.9. The molecule has 8 N–H and O–H groups in total. The van der Waals surface area contributed by atoms with E-state index in [1.54, 1.807) is 0 Å². The molecule has 1 radical (unpaired) electrons. The molecule has 13 nitrogen and oxygen atoms in total. The van der Waals surface area contributed by atoms with E-state index in [1.807, 2.05) is 13.8 Å². The zero-order valence-corrected chi connectivity index (χ0v) is 27.5. The van der Waals surface area contributed by atoms with Crippen LogP contribution in [0.2, 0.25) is 0 Å². The standard InChI is InChI=1S/C16H30O9S.C10H19O4.Y/c1-2-8-6-9(18)14(15(22)24-8)23-4-3-5-26-16-13(21)12(20)11(19)10(7-17)25-16;1-3-5-13-9-8(11)6-7(4-2)14-10(9)12;/h8-22H,2-7H2,1H3;7-12H,1,3-6H2,2H3;/q;-1;/t8?,9-,10?,11-,12-,13?,14?,15-,16-;7?,8-,9?,10-;/m00./s1. The fraction of sp³-hybridized carbons (Fsp3) is 0.962. The van der Waals surface area contributed by atoms with Crippen molar-refractivity contribution in [3.05, 3.63) is 6.92 Å². The number of ether oxygens (including phenoxy) is 5. The quantitative estimate of drug-likeness (QED) is 0.0880. The predicted octanol–water partition coefficient (Wildman–Crippen LogP) is -1.36. The average Bonchev–Trinajstić information content (AvgIpc) is 2.93. The van der Waals surface area contributed by atoms with E-state index in [2.05, 4.69) is 6.92 Å². The zero-order chi connectivity index (χ0) is 29.8. The molecule has 6 unspecified atom stereocenters. The van der Waals surface area contributed by atoms with Gasteiger partial charge in [-0.3, -0.25) is 0 Å². The largest absolute Gasteiger partial charge is 0.394 e. The second-order valence-electron chi connectivity index (χ2n) is 10.2. The van der Waals surface area contributed by atoms with Gasteiger partial charge in [-0.05, 0) is 25.0 Å². The summed E-state index contributed by atoms with van der Waals surface area (Å²) in [6.07, 6.45) is -6.62. The van der Waals surface area contributed by atoms with Crippen LogP contribution in [0.15, 0.2) is 0 Å². The van der Waals surface area contributed by atoms with Crippen molar-refractivity contribution in [2.24, 2.45) is 0 Å². The summed E-state index contributed by atoms with van der Waals surface area (Å²) in [7, 11) is 0. The van der Waals surface area contributed by atoms with Crippen LogP contribution in [-0.4, -0.2) is 145 Å². The minimum atomic E-state index is -1.38. The van der Waals surface area contributed by atoms with Crippen molar-refractivity contribution < 1.29 is 97.2 Å². The molecule has 0 aromatic carbocycles. The molecule has 0 amide bonds. The smallest absolute Gasteiger partial charge is 0.183 e. The van der Waals surface area contributed by atoms with E-state index in [9.17, 15) is 35.7 Å². The van der Waals surface area contributed by atoms with Crippen LogP contribution in [0.3, 0.4) is 0 Å². The molecule has 241 valence electrons. The Bertz CT molecular complexity index is 659. The third kappa shape index (κ3) is 12.3. The summed E-state index contributed by atoms with van der Waals surface area (Å²) in [4.78, 5) is 0. The van der Waals surface area contributed by atoms with Crippen LogP contribution >= 0.6 is 11.8 Å². The van der Waals surface area contributed by atoms with Crippen molar-refractivity contribution >= 4 is 11.8 Å². The van der Waals surface area contributed by atoms with Gasteiger partial charge in [-0.1, -0.05) is 13.8 Å². The molecular weight excluding hydrogens is 641 g/mol. The topological polar surface area (TPSA) is 208 Å². The van der Waals surface area contributed by atoms with Crippen LogP contribution in [-0.2, 0) is 56.4 Å². The molecule has 0 spiro atoms. The van der Waals surface area contributed by atoms with Gasteiger partial charge in [0.15, 0.2) is 12.6 Å². The fourth-order valence-corrected chi connectivity index (χ4v) is 5.76. The van der Waals surface area contributed by atoms with Crippen LogP contribution < -0.4 is 0 Å². The first-order valence-electron chi connectivity index (χ1n) is 14.0. The second-order valence-corrected chi connectivity index (χ2v) is 11.4. The molecule has 41 heavy (non-hydrogen) atoms. The Morgan fingerprint density at radius 1 is 0.756 bits per heavy atom.